The average Bonchev–Trinajstić information content (AvgIpc) is 3.23. The van der Waals surface area contributed by atoms with Gasteiger partial charge < -0.3 is 10.6 Å². The highest BCUT2D eigenvalue weighted by atomic mass is 19.1. The van der Waals surface area contributed by atoms with Gasteiger partial charge >= 0.3 is 0 Å². The Hall–Kier alpha value is -2.02. The fourth-order valence-corrected chi connectivity index (χ4v) is 2.21. The van der Waals surface area contributed by atoms with Crippen LogP contribution in [0, 0.1) is 18.2 Å². The van der Waals surface area contributed by atoms with Gasteiger partial charge in [-0.2, -0.15) is 0 Å². The molecule has 0 bridgehead atoms. The van der Waals surface area contributed by atoms with E-state index in [0.29, 0.717) is 19.0 Å². The summed E-state index contributed by atoms with van der Waals surface area (Å²) in [5, 5.41) is 6.21. The van der Waals surface area contributed by atoms with Crippen molar-refractivity contribution in [3.63, 3.8) is 0 Å². The molecular weight excluding hydrogens is 253 g/mol. The lowest BCUT2D eigenvalue weighted by atomic mass is 9.96. The molecule has 1 aromatic carbocycles. The van der Waals surface area contributed by atoms with Gasteiger partial charge in [0, 0.05) is 12.0 Å². The molecule has 3 nitrogen and oxygen atoms in total. The molecule has 2 rings (SSSR count). The predicted molar refractivity (Wildman–Crippen MR) is 80.1 cm³/mol. The number of hydrogen-bond acceptors (Lipinski definition) is 1. The molecule has 1 aliphatic rings. The number of guanidine groups is 1. The molecule has 0 aromatic heterocycles. The van der Waals surface area contributed by atoms with Gasteiger partial charge in [0.1, 0.15) is 5.82 Å². The number of aliphatic imine (C=N–C) groups is 1. The van der Waals surface area contributed by atoms with E-state index in [9.17, 15) is 4.39 Å². The van der Waals surface area contributed by atoms with Gasteiger partial charge in [0.05, 0.1) is 13.1 Å². The molecule has 2 N–H and O–H groups in total. The molecule has 0 heterocycles. The third-order valence-electron chi connectivity index (χ3n) is 3.53. The molecule has 0 atom stereocenters. The van der Waals surface area contributed by atoms with Gasteiger partial charge in [-0.15, -0.1) is 6.42 Å². The lowest BCUT2D eigenvalue weighted by Crippen LogP contribution is -2.38. The van der Waals surface area contributed by atoms with E-state index < -0.39 is 0 Å². The highest BCUT2D eigenvalue weighted by molar-refractivity contribution is 5.80. The van der Waals surface area contributed by atoms with E-state index in [1.165, 1.54) is 6.07 Å². The average molecular weight is 273 g/mol. The molecule has 106 valence electrons. The molecule has 1 fully saturated rings. The summed E-state index contributed by atoms with van der Waals surface area (Å²) >= 11 is 0. The summed E-state index contributed by atoms with van der Waals surface area (Å²) in [6, 6.07) is 6.83. The molecule has 0 spiro atoms. The van der Waals surface area contributed by atoms with Gasteiger partial charge in [0.2, 0.25) is 0 Å². The van der Waals surface area contributed by atoms with E-state index in [1.54, 1.807) is 12.1 Å². The SMILES string of the molecule is C#CCNC(=NCC1(c2cccc(F)c2)CC1)NCC. The van der Waals surface area contributed by atoms with Gasteiger partial charge in [-0.1, -0.05) is 18.1 Å². The van der Waals surface area contributed by atoms with Crippen LogP contribution in [-0.2, 0) is 5.41 Å². The molecule has 0 amide bonds. The third-order valence-corrected chi connectivity index (χ3v) is 3.53. The highest BCUT2D eigenvalue weighted by Crippen LogP contribution is 2.48. The third kappa shape index (κ3) is 3.51. The van der Waals surface area contributed by atoms with Gasteiger partial charge in [-0.25, -0.2) is 4.39 Å². The minimum Gasteiger partial charge on any atom is -0.357 e. The quantitative estimate of drug-likeness (QED) is 0.489. The number of hydrogen-bond donors (Lipinski definition) is 2. The monoisotopic (exact) mass is 273 g/mol. The normalized spacial score (nSPS) is 16.4. The molecule has 1 aliphatic carbocycles. The summed E-state index contributed by atoms with van der Waals surface area (Å²) in [5.74, 6) is 3.06. The number of rotatable bonds is 5. The summed E-state index contributed by atoms with van der Waals surface area (Å²) in [7, 11) is 0. The van der Waals surface area contributed by atoms with Crippen LogP contribution in [0.15, 0.2) is 29.3 Å². The Balaban J connectivity index is 2.06. The lowest BCUT2D eigenvalue weighted by Gasteiger charge is -2.15. The predicted octanol–water partition coefficient (Wildman–Crippen LogP) is 2.05. The van der Waals surface area contributed by atoms with E-state index in [1.807, 2.05) is 13.0 Å². The van der Waals surface area contributed by atoms with Crippen LogP contribution in [0.1, 0.15) is 25.3 Å². The van der Waals surface area contributed by atoms with Crippen molar-refractivity contribution < 1.29 is 4.39 Å². The smallest absolute Gasteiger partial charge is 0.192 e. The topological polar surface area (TPSA) is 36.4 Å². The summed E-state index contributed by atoms with van der Waals surface area (Å²) < 4.78 is 13.3. The van der Waals surface area contributed by atoms with Crippen LogP contribution in [0.3, 0.4) is 0 Å². The molecule has 1 aromatic rings. The summed E-state index contributed by atoms with van der Waals surface area (Å²) in [4.78, 5) is 4.57. The van der Waals surface area contributed by atoms with Gasteiger partial charge in [-0.3, -0.25) is 4.99 Å². The van der Waals surface area contributed by atoms with Crippen molar-refractivity contribution in [1.29, 1.82) is 0 Å². The highest BCUT2D eigenvalue weighted by Gasteiger charge is 2.44. The molecule has 0 saturated heterocycles. The Bertz CT molecular complexity index is 527. The van der Waals surface area contributed by atoms with Crippen molar-refractivity contribution in [1.82, 2.24) is 10.6 Å². The molecule has 0 radical (unpaired) electrons. The first kappa shape index (κ1) is 14.4. The van der Waals surface area contributed by atoms with Gasteiger partial charge in [-0.05, 0) is 37.5 Å². The molecule has 0 aliphatic heterocycles. The number of terminal acetylenes is 1. The Kier molecular flexibility index (Phi) is 4.62. The fourth-order valence-electron chi connectivity index (χ4n) is 2.21. The zero-order chi connectivity index (χ0) is 14.4. The first-order valence-electron chi connectivity index (χ1n) is 6.92. The Morgan fingerprint density at radius 1 is 1.45 bits per heavy atom. The number of nitrogens with zero attached hydrogens (tertiary/aromatic N) is 1. The van der Waals surface area contributed by atoms with Crippen molar-refractivity contribution in [2.45, 2.75) is 25.2 Å². The molecular formula is C16H20FN3. The fraction of sp³-hybridized carbons (Fsp3) is 0.438. The van der Waals surface area contributed by atoms with Crippen molar-refractivity contribution >= 4 is 5.96 Å². The Labute approximate surface area is 119 Å². The van der Waals surface area contributed by atoms with Gasteiger partial charge in [0.15, 0.2) is 5.96 Å². The minimum atomic E-state index is -0.185. The van der Waals surface area contributed by atoms with Crippen LogP contribution in [-0.4, -0.2) is 25.6 Å². The van der Waals surface area contributed by atoms with Crippen LogP contribution < -0.4 is 10.6 Å². The maximum absolute atomic E-state index is 13.3. The van der Waals surface area contributed by atoms with E-state index in [-0.39, 0.29) is 11.2 Å². The second-order valence-corrected chi connectivity index (χ2v) is 5.04. The Morgan fingerprint density at radius 3 is 2.85 bits per heavy atom. The first-order chi connectivity index (χ1) is 9.70. The van der Waals surface area contributed by atoms with Crippen LogP contribution in [0.2, 0.25) is 0 Å². The second-order valence-electron chi connectivity index (χ2n) is 5.04. The number of benzene rings is 1. The van der Waals surface area contributed by atoms with E-state index in [0.717, 1.165) is 24.9 Å². The zero-order valence-electron chi connectivity index (χ0n) is 11.7. The van der Waals surface area contributed by atoms with Crippen LogP contribution in [0.25, 0.3) is 0 Å². The largest absolute Gasteiger partial charge is 0.357 e. The first-order valence-corrected chi connectivity index (χ1v) is 6.92. The van der Waals surface area contributed by atoms with Crippen molar-refractivity contribution in [2.75, 3.05) is 19.6 Å². The molecule has 1 saturated carbocycles. The van der Waals surface area contributed by atoms with Crippen LogP contribution >= 0.6 is 0 Å². The van der Waals surface area contributed by atoms with E-state index in [2.05, 4.69) is 21.5 Å². The van der Waals surface area contributed by atoms with Gasteiger partial charge in [0.25, 0.3) is 0 Å². The van der Waals surface area contributed by atoms with E-state index >= 15 is 0 Å². The molecule has 4 heteroatoms. The van der Waals surface area contributed by atoms with Crippen molar-refractivity contribution in [2.24, 2.45) is 4.99 Å². The summed E-state index contributed by atoms with van der Waals surface area (Å²) in [5.41, 5.74) is 1.04. The summed E-state index contributed by atoms with van der Waals surface area (Å²) in [6.45, 7) is 3.88. The molecule has 0 unspecified atom stereocenters. The van der Waals surface area contributed by atoms with Crippen molar-refractivity contribution in [3.8, 4) is 12.3 Å². The number of nitrogens with one attached hydrogen (secondary N) is 2. The maximum Gasteiger partial charge on any atom is 0.192 e. The van der Waals surface area contributed by atoms with E-state index in [4.69, 9.17) is 6.42 Å². The lowest BCUT2D eigenvalue weighted by molar-refractivity contribution is 0.616. The van der Waals surface area contributed by atoms with Crippen molar-refractivity contribution in [3.05, 3.63) is 35.6 Å². The maximum atomic E-state index is 13.3. The zero-order valence-corrected chi connectivity index (χ0v) is 11.7. The standard InChI is InChI=1S/C16H20FN3/c1-3-10-19-15(18-4-2)20-12-16(8-9-16)13-6-5-7-14(17)11-13/h1,5-7,11H,4,8-10,12H2,2H3,(H2,18,19,20). The van der Waals surface area contributed by atoms with Crippen LogP contribution in [0.5, 0.6) is 0 Å². The second kappa shape index (κ2) is 6.42. The summed E-state index contributed by atoms with van der Waals surface area (Å²) in [6.07, 6.45) is 7.34. The minimum absolute atomic E-state index is 0.000590. The molecule has 20 heavy (non-hydrogen) atoms. The van der Waals surface area contributed by atoms with Crippen LogP contribution in [0.4, 0.5) is 4.39 Å². The number of halogens is 1. The Morgan fingerprint density at radius 2 is 2.25 bits per heavy atom.